The Labute approximate surface area is 595 Å². The van der Waals surface area contributed by atoms with Crippen LogP contribution in [0.3, 0.4) is 0 Å². The third kappa shape index (κ3) is 19.1. The molecule has 2 saturated heterocycles. The molecule has 3 saturated carbocycles. The highest BCUT2D eigenvalue weighted by molar-refractivity contribution is 6.01. The van der Waals surface area contributed by atoms with Crippen LogP contribution in [0.15, 0.2) is 24.3 Å². The average Bonchev–Trinajstić information content (AvgIpc) is 1.20. The Balaban J connectivity index is 1.32. The fraction of sp³-hybridized carbons (Fsp3) is 0.722. The van der Waals surface area contributed by atoms with Crippen molar-refractivity contribution in [1.29, 1.82) is 0 Å². The summed E-state index contributed by atoms with van der Waals surface area (Å²) in [7, 11) is 11.2. The molecule has 1 aromatic carbocycles. The minimum absolute atomic E-state index is 0.00794. The minimum Gasteiger partial charge on any atom is -0.377 e. The second-order valence-electron chi connectivity index (χ2n) is 29.1. The molecule has 3 aliphatic carbocycles. The lowest BCUT2D eigenvalue weighted by molar-refractivity contribution is -0.157. The van der Waals surface area contributed by atoms with Crippen LogP contribution in [0.2, 0.25) is 0 Å². The Morgan fingerprint density at radius 2 is 1.31 bits per heavy atom. The fourth-order valence-corrected chi connectivity index (χ4v) is 15.5. The minimum atomic E-state index is -5.40. The largest absolute Gasteiger partial charge is 0.422 e. The first-order chi connectivity index (χ1) is 48.1. The molecule has 0 aromatic heterocycles. The van der Waals surface area contributed by atoms with E-state index in [1.54, 1.807) is 26.8 Å². The second-order valence-corrected chi connectivity index (χ2v) is 29.1. The Morgan fingerprint density at radius 3 is 1.89 bits per heavy atom. The molecule has 12 amide bonds. The zero-order chi connectivity index (χ0) is 75.4. The molecule has 30 heteroatoms. The van der Waals surface area contributed by atoms with Crippen molar-refractivity contribution in [3.8, 4) is 0 Å². The van der Waals surface area contributed by atoms with Crippen LogP contribution in [0.25, 0.3) is 0 Å². The summed E-state index contributed by atoms with van der Waals surface area (Å²) >= 11 is 0. The van der Waals surface area contributed by atoms with Crippen molar-refractivity contribution in [1.82, 2.24) is 60.0 Å². The first kappa shape index (κ1) is 81.5. The van der Waals surface area contributed by atoms with E-state index >= 15 is 37.5 Å². The molecule has 568 valence electrons. The number of likely N-dealkylation sites (N-methyl/N-ethyl adjacent to an activating group) is 7. The molecule has 3 N–H and O–H groups in total. The molecule has 6 aliphatic rings. The van der Waals surface area contributed by atoms with E-state index in [-0.39, 0.29) is 69.7 Å². The molecular weight excluding hydrogens is 1340 g/mol. The van der Waals surface area contributed by atoms with E-state index in [1.807, 2.05) is 13.0 Å². The van der Waals surface area contributed by atoms with Crippen LogP contribution in [-0.2, 0) is 74.9 Å². The monoisotopic (exact) mass is 1440 g/mol. The van der Waals surface area contributed by atoms with Crippen molar-refractivity contribution >= 4 is 70.9 Å². The van der Waals surface area contributed by atoms with Gasteiger partial charge in [0.1, 0.15) is 71.1 Å². The number of ether oxygens (including phenoxy) is 1. The van der Waals surface area contributed by atoms with Gasteiger partial charge in [-0.3, -0.25) is 57.5 Å². The maximum atomic E-state index is 15.4. The quantitative estimate of drug-likeness (QED) is 0.187. The summed E-state index contributed by atoms with van der Waals surface area (Å²) < 4.78 is 77.8. The summed E-state index contributed by atoms with van der Waals surface area (Å²) in [4.78, 5) is 190. The van der Waals surface area contributed by atoms with Crippen LogP contribution in [0.1, 0.15) is 167 Å². The van der Waals surface area contributed by atoms with Gasteiger partial charge < -0.3 is 64.8 Å². The molecule has 102 heavy (non-hydrogen) atoms. The lowest BCUT2D eigenvalue weighted by Crippen LogP contribution is -2.68. The number of fused-ring (bicyclic) bond motifs is 3. The van der Waals surface area contributed by atoms with Gasteiger partial charge in [-0.25, -0.2) is 8.78 Å². The van der Waals surface area contributed by atoms with Gasteiger partial charge in [-0.2, -0.15) is 13.2 Å². The Bertz CT molecular complexity index is 3240. The number of amides is 12. The molecule has 1 spiro atoms. The van der Waals surface area contributed by atoms with Crippen LogP contribution in [0.5, 0.6) is 0 Å². The van der Waals surface area contributed by atoms with Crippen molar-refractivity contribution in [2.24, 2.45) is 17.8 Å². The van der Waals surface area contributed by atoms with Crippen molar-refractivity contribution in [3.63, 3.8) is 0 Å². The summed E-state index contributed by atoms with van der Waals surface area (Å²) in [6, 6.07) is -9.77. The van der Waals surface area contributed by atoms with Crippen LogP contribution < -0.4 is 16.0 Å². The number of alkyl halides is 3. The number of nitrogens with one attached hydrogen (secondary N) is 3. The molecule has 5 fully saturated rings. The highest BCUT2D eigenvalue weighted by Gasteiger charge is 2.54. The topological polar surface area (TPSA) is 279 Å². The fourth-order valence-electron chi connectivity index (χ4n) is 15.5. The molecular formula is C72H107F5N12O13. The zero-order valence-electron chi connectivity index (χ0n) is 61.3. The van der Waals surface area contributed by atoms with E-state index in [0.29, 0.717) is 57.1 Å². The van der Waals surface area contributed by atoms with Crippen LogP contribution in [0.4, 0.5) is 22.0 Å². The van der Waals surface area contributed by atoms with E-state index in [0.717, 1.165) is 56.6 Å². The maximum Gasteiger partial charge on any atom is 0.422 e. The number of halogens is 5. The first-order valence-corrected chi connectivity index (χ1v) is 36.2. The number of rotatable bonds is 12. The molecule has 3 aliphatic heterocycles. The number of carbonyl (C=O) groups excluding carboxylic acids is 12. The van der Waals surface area contributed by atoms with Gasteiger partial charge in [-0.15, -0.1) is 0 Å². The third-order valence-corrected chi connectivity index (χ3v) is 22.0. The van der Waals surface area contributed by atoms with Crippen LogP contribution >= 0.6 is 0 Å². The van der Waals surface area contributed by atoms with Gasteiger partial charge in [0, 0.05) is 82.5 Å². The first-order valence-electron chi connectivity index (χ1n) is 36.2. The van der Waals surface area contributed by atoms with Gasteiger partial charge >= 0.3 is 6.18 Å². The van der Waals surface area contributed by atoms with Crippen molar-refractivity contribution in [2.45, 2.75) is 229 Å². The highest BCUT2D eigenvalue weighted by Crippen LogP contribution is 2.40. The zero-order valence-corrected chi connectivity index (χ0v) is 61.3. The van der Waals surface area contributed by atoms with Gasteiger partial charge in [-0.05, 0) is 113 Å². The van der Waals surface area contributed by atoms with E-state index in [9.17, 15) is 41.9 Å². The predicted molar refractivity (Wildman–Crippen MR) is 365 cm³/mol. The normalized spacial score (nSPS) is 27.8. The van der Waals surface area contributed by atoms with Gasteiger partial charge in [0.2, 0.25) is 70.9 Å². The van der Waals surface area contributed by atoms with Crippen molar-refractivity contribution < 1.29 is 84.2 Å². The van der Waals surface area contributed by atoms with E-state index in [2.05, 4.69) is 16.0 Å². The number of benzene rings is 1. The van der Waals surface area contributed by atoms with E-state index < -0.39 is 198 Å². The number of hydrogen-bond acceptors (Lipinski definition) is 13. The SMILES string of the molecule is CCO[C@@H]1C[C@H]2C(=O)NC3(CCC3)C(=O)N(C)[C@@H](C3CCCC3)C(=O)N(C)[C@H](C(=O)N(C)C)CC(=O)N(C)[C@@H](CC)C(=O)N[C@@H]([C@@H](C)CC)C(=O)N(C)CC(=O)N(C)[C@H]3C/C=C\CCN(C3=O)[C@@H](CC3CCCCC3)C(=O)N(C)CC(=O)N[C@@H](CCc3cc(F)c(C(F)(F)F)c(F)c3)C(=O)N2C1. The number of hydrogen-bond donors (Lipinski definition) is 3. The molecule has 0 unspecified atom stereocenters. The molecule has 10 atom stereocenters. The standard InChI is InChI=1S/C72H107F5N12O13/c1-13-43(4)60-68(99)83(8)42-58(92)85(10)52-29-20-17-23-34-88(67(52)98)55(37-44-25-18-16-19-26-44)66(97)82(7)41-56(90)78-50(31-30-45-35-48(73)59(49(74)36-45)72(75,76)77)64(95)89-40-47(102-15-3)38-53(89)63(94)80-71(32-24-33-71)70(101)87(12)61(46-27-21-22-28-46)69(100)86(11)54(65(96)81(5)6)39-57(91)84(9)51(14-2)62(93)79-60/h17,20,35-36,43-44,46-47,50-55,60-61H,13-16,18-19,21-34,37-42H2,1-12H3,(H,78,90)(H,79,93)(H,80,94)/b20-17-/t43-,47+,50-,51-,52-,53-,54-,55-,60-,61-/m0/s1. The molecule has 3 heterocycles. The maximum absolute atomic E-state index is 15.4. The third-order valence-electron chi connectivity index (χ3n) is 22.0. The lowest BCUT2D eigenvalue weighted by atomic mass is 9.74. The molecule has 2 bridgehead atoms. The average molecular weight is 1440 g/mol. The summed E-state index contributed by atoms with van der Waals surface area (Å²) in [5.74, 6) is -13.6. The van der Waals surface area contributed by atoms with E-state index in [4.69, 9.17) is 4.74 Å². The Hall–Kier alpha value is -7.79. The lowest BCUT2D eigenvalue weighted by Gasteiger charge is -2.46. The molecule has 0 radical (unpaired) electrons. The smallest absolute Gasteiger partial charge is 0.377 e. The van der Waals surface area contributed by atoms with Crippen LogP contribution in [-0.4, -0.2) is 264 Å². The number of aryl methyl sites for hydroxylation is 1. The molecule has 7 rings (SSSR count). The van der Waals surface area contributed by atoms with Crippen LogP contribution in [0, 0.1) is 29.4 Å². The Kier molecular flexibility index (Phi) is 28.4. The van der Waals surface area contributed by atoms with Gasteiger partial charge in [0.05, 0.1) is 25.6 Å². The summed E-state index contributed by atoms with van der Waals surface area (Å²) in [6.45, 7) is 5.43. The Morgan fingerprint density at radius 1 is 0.686 bits per heavy atom. The summed E-state index contributed by atoms with van der Waals surface area (Å²) in [5, 5.41) is 8.43. The van der Waals surface area contributed by atoms with E-state index in [1.165, 1.54) is 76.0 Å². The molecule has 1 aromatic rings. The van der Waals surface area contributed by atoms with Gasteiger partial charge in [-0.1, -0.05) is 84.3 Å². The summed E-state index contributed by atoms with van der Waals surface area (Å²) in [6.07, 6.45) is 3.58. The van der Waals surface area contributed by atoms with Gasteiger partial charge in [0.25, 0.3) is 0 Å². The second kappa shape index (κ2) is 35.6. The summed E-state index contributed by atoms with van der Waals surface area (Å²) in [5.41, 5.74) is -4.11. The highest BCUT2D eigenvalue weighted by atomic mass is 19.4. The number of nitrogens with zero attached hydrogens (tertiary/aromatic N) is 9. The molecule has 25 nitrogen and oxygen atoms in total. The van der Waals surface area contributed by atoms with Crippen molar-refractivity contribution in [2.75, 3.05) is 89.2 Å². The number of carbonyl (C=O) groups is 12. The predicted octanol–water partition coefficient (Wildman–Crippen LogP) is 4.81. The van der Waals surface area contributed by atoms with Crippen molar-refractivity contribution in [3.05, 3.63) is 47.0 Å². The van der Waals surface area contributed by atoms with Gasteiger partial charge in [0.15, 0.2) is 0 Å².